The molecule has 0 spiro atoms. The molecule has 34 heavy (non-hydrogen) atoms. The Hall–Kier alpha value is -2.99. The van der Waals surface area contributed by atoms with Gasteiger partial charge in [-0.25, -0.2) is 4.98 Å². The summed E-state index contributed by atoms with van der Waals surface area (Å²) in [5.74, 6) is 0.781. The number of nitrogens with zero attached hydrogens (tertiary/aromatic N) is 4. The number of para-hydroxylation sites is 1. The molecule has 4 aromatic rings. The Morgan fingerprint density at radius 1 is 1.12 bits per heavy atom. The van der Waals surface area contributed by atoms with Gasteiger partial charge in [-0.3, -0.25) is 4.79 Å². The van der Waals surface area contributed by atoms with Crippen LogP contribution in [0.3, 0.4) is 0 Å². The van der Waals surface area contributed by atoms with E-state index < -0.39 is 0 Å². The first-order chi connectivity index (χ1) is 16.3. The van der Waals surface area contributed by atoms with Crippen molar-refractivity contribution in [3.05, 3.63) is 91.2 Å². The van der Waals surface area contributed by atoms with E-state index in [1.54, 1.807) is 6.21 Å². The molecule has 176 valence electrons. The Bertz CT molecular complexity index is 1460. The molecule has 0 radical (unpaired) electrons. The highest BCUT2D eigenvalue weighted by molar-refractivity contribution is 9.10. The Kier molecular flexibility index (Phi) is 6.89. The van der Waals surface area contributed by atoms with Crippen LogP contribution in [-0.2, 0) is 6.42 Å². The molecule has 0 N–H and O–H groups in total. The maximum atomic E-state index is 13.4. The minimum Gasteiger partial charge on any atom is -0.317 e. The zero-order valence-electron chi connectivity index (χ0n) is 20.7. The Labute approximate surface area is 209 Å². The van der Waals surface area contributed by atoms with Crippen LogP contribution >= 0.6 is 15.9 Å². The average Bonchev–Trinajstić information content (AvgIpc) is 3.10. The largest absolute Gasteiger partial charge is 0.317 e. The molecule has 2 heterocycles. The lowest BCUT2D eigenvalue weighted by molar-refractivity contribution is 0.613. The third-order valence-corrected chi connectivity index (χ3v) is 7.09. The second-order valence-electron chi connectivity index (χ2n) is 8.90. The van der Waals surface area contributed by atoms with E-state index >= 15 is 0 Å². The summed E-state index contributed by atoms with van der Waals surface area (Å²) in [6, 6.07) is 14.2. The van der Waals surface area contributed by atoms with Gasteiger partial charge in [0.2, 0.25) is 0 Å². The highest BCUT2D eigenvalue weighted by atomic mass is 79.9. The molecule has 0 aliphatic rings. The molecule has 0 aliphatic carbocycles. The molecule has 0 amide bonds. The molecule has 2 aromatic heterocycles. The third kappa shape index (κ3) is 4.27. The lowest BCUT2D eigenvalue weighted by Gasteiger charge is -2.17. The van der Waals surface area contributed by atoms with Crippen LogP contribution in [0.5, 0.6) is 0 Å². The van der Waals surface area contributed by atoms with Crippen molar-refractivity contribution in [1.82, 2.24) is 14.2 Å². The second-order valence-corrected chi connectivity index (χ2v) is 9.82. The number of hydrogen-bond acceptors (Lipinski definition) is 3. The standard InChI is InChI=1S/C28H31BrN4O/c1-7-17(3)27-31-25-13-12-23(29)15-24(25)28(34)33(27)30-16-22-14-19(5)32(20(22)6)26-18(4)10-9-11-21(26)8-2/h9-17H,7-8H2,1-6H3/t17-/m0/s1. The molecule has 0 aliphatic heterocycles. The fourth-order valence-electron chi connectivity index (χ4n) is 4.49. The molecule has 0 unspecified atom stereocenters. The predicted molar refractivity (Wildman–Crippen MR) is 145 cm³/mol. The molecular formula is C28H31BrN4O. The van der Waals surface area contributed by atoms with Gasteiger partial charge in [-0.2, -0.15) is 9.78 Å². The van der Waals surface area contributed by atoms with Gasteiger partial charge < -0.3 is 4.57 Å². The first kappa shape index (κ1) is 24.1. The molecule has 5 nitrogen and oxygen atoms in total. The minimum absolute atomic E-state index is 0.101. The molecule has 0 saturated carbocycles. The normalized spacial score (nSPS) is 12.7. The smallest absolute Gasteiger partial charge is 0.282 e. The topological polar surface area (TPSA) is 52.2 Å². The number of fused-ring (bicyclic) bond motifs is 1. The first-order valence-electron chi connectivity index (χ1n) is 11.8. The Morgan fingerprint density at radius 2 is 1.88 bits per heavy atom. The van der Waals surface area contributed by atoms with Crippen LogP contribution < -0.4 is 5.56 Å². The van der Waals surface area contributed by atoms with Crippen molar-refractivity contribution in [2.75, 3.05) is 0 Å². The number of halogens is 1. The number of aryl methyl sites for hydroxylation is 3. The zero-order valence-corrected chi connectivity index (χ0v) is 22.3. The van der Waals surface area contributed by atoms with Crippen molar-refractivity contribution in [2.45, 2.75) is 60.3 Å². The summed E-state index contributed by atoms with van der Waals surface area (Å²) >= 11 is 3.47. The SMILES string of the molecule is CCc1cccc(C)c1-n1c(C)cc(C=Nn2c([C@@H](C)CC)nc3ccc(Br)cc3c2=O)c1C. The van der Waals surface area contributed by atoms with Gasteiger partial charge in [0.15, 0.2) is 0 Å². The van der Waals surface area contributed by atoms with Crippen LogP contribution in [0.4, 0.5) is 0 Å². The number of hydrogen-bond donors (Lipinski definition) is 0. The van der Waals surface area contributed by atoms with Gasteiger partial charge in [0.1, 0.15) is 5.82 Å². The van der Waals surface area contributed by atoms with Crippen molar-refractivity contribution in [1.29, 1.82) is 0 Å². The third-order valence-electron chi connectivity index (χ3n) is 6.59. The van der Waals surface area contributed by atoms with Gasteiger partial charge in [-0.1, -0.05) is 54.9 Å². The van der Waals surface area contributed by atoms with Gasteiger partial charge in [-0.05, 0) is 69.0 Å². The van der Waals surface area contributed by atoms with E-state index in [0.717, 1.165) is 34.3 Å². The monoisotopic (exact) mass is 518 g/mol. The van der Waals surface area contributed by atoms with Gasteiger partial charge in [0.05, 0.1) is 22.8 Å². The van der Waals surface area contributed by atoms with Crippen molar-refractivity contribution in [3.63, 3.8) is 0 Å². The molecule has 1 atom stereocenters. The maximum Gasteiger partial charge on any atom is 0.282 e. The van der Waals surface area contributed by atoms with Crippen LogP contribution in [0.2, 0.25) is 0 Å². The summed E-state index contributed by atoms with van der Waals surface area (Å²) in [6.07, 6.45) is 3.62. The molecule has 6 heteroatoms. The van der Waals surface area contributed by atoms with Gasteiger partial charge >= 0.3 is 0 Å². The zero-order chi connectivity index (χ0) is 24.6. The van der Waals surface area contributed by atoms with E-state index in [9.17, 15) is 4.79 Å². The van der Waals surface area contributed by atoms with Gasteiger partial charge in [-0.15, -0.1) is 0 Å². The molecule has 4 rings (SSSR count). The van der Waals surface area contributed by atoms with Crippen molar-refractivity contribution in [3.8, 4) is 5.69 Å². The van der Waals surface area contributed by atoms with Gasteiger partial charge in [0, 0.05) is 27.3 Å². The molecule has 2 aromatic carbocycles. The van der Waals surface area contributed by atoms with Gasteiger partial charge in [0.25, 0.3) is 5.56 Å². The minimum atomic E-state index is -0.154. The van der Waals surface area contributed by atoms with Crippen LogP contribution in [0.15, 0.2) is 56.8 Å². The highest BCUT2D eigenvalue weighted by Crippen LogP contribution is 2.26. The van der Waals surface area contributed by atoms with E-state index in [1.807, 2.05) is 18.2 Å². The molecule has 0 bridgehead atoms. The van der Waals surface area contributed by atoms with Crippen molar-refractivity contribution in [2.24, 2.45) is 5.10 Å². The Balaban J connectivity index is 1.87. The summed E-state index contributed by atoms with van der Waals surface area (Å²) in [7, 11) is 0. The summed E-state index contributed by atoms with van der Waals surface area (Å²) in [6.45, 7) is 12.7. The Morgan fingerprint density at radius 3 is 2.59 bits per heavy atom. The quantitative estimate of drug-likeness (QED) is 0.262. The number of rotatable bonds is 6. The van der Waals surface area contributed by atoms with Crippen LogP contribution in [-0.4, -0.2) is 20.4 Å². The van der Waals surface area contributed by atoms with Crippen molar-refractivity contribution < 1.29 is 0 Å². The fourth-order valence-corrected chi connectivity index (χ4v) is 4.85. The summed E-state index contributed by atoms with van der Waals surface area (Å²) in [5.41, 5.74) is 7.54. The number of aromatic nitrogens is 3. The van der Waals surface area contributed by atoms with Crippen LogP contribution in [0.1, 0.15) is 67.0 Å². The lowest BCUT2D eigenvalue weighted by atomic mass is 10.1. The first-order valence-corrected chi connectivity index (χ1v) is 12.6. The number of benzene rings is 2. The fraction of sp³-hybridized carbons (Fsp3) is 0.321. The molecule has 0 saturated heterocycles. The van der Waals surface area contributed by atoms with E-state index in [2.05, 4.69) is 91.4 Å². The average molecular weight is 519 g/mol. The summed E-state index contributed by atoms with van der Waals surface area (Å²) < 4.78 is 4.61. The lowest BCUT2D eigenvalue weighted by Crippen LogP contribution is -2.23. The molecule has 0 fully saturated rings. The maximum absolute atomic E-state index is 13.4. The summed E-state index contributed by atoms with van der Waals surface area (Å²) in [5, 5.41) is 5.24. The van der Waals surface area contributed by atoms with Crippen LogP contribution in [0, 0.1) is 20.8 Å². The van der Waals surface area contributed by atoms with E-state index in [4.69, 9.17) is 4.98 Å². The predicted octanol–water partition coefficient (Wildman–Crippen LogP) is 6.83. The highest BCUT2D eigenvalue weighted by Gasteiger charge is 2.17. The van der Waals surface area contributed by atoms with E-state index in [0.29, 0.717) is 16.7 Å². The van der Waals surface area contributed by atoms with Crippen LogP contribution in [0.25, 0.3) is 16.6 Å². The summed E-state index contributed by atoms with van der Waals surface area (Å²) in [4.78, 5) is 18.2. The van der Waals surface area contributed by atoms with E-state index in [1.165, 1.54) is 21.5 Å². The second kappa shape index (κ2) is 9.71. The van der Waals surface area contributed by atoms with Crippen molar-refractivity contribution >= 4 is 33.0 Å². The molecular weight excluding hydrogens is 488 g/mol. The van der Waals surface area contributed by atoms with E-state index in [-0.39, 0.29) is 11.5 Å².